The van der Waals surface area contributed by atoms with Gasteiger partial charge in [0.1, 0.15) is 11.2 Å². The Kier molecular flexibility index (Phi) is 4.50. The summed E-state index contributed by atoms with van der Waals surface area (Å²) < 4.78 is 6.31. The molecule has 0 fully saturated rings. The molecule has 8 rings (SSSR count). The predicted octanol–water partition coefficient (Wildman–Crippen LogP) is 10.7. The molecular formula is C37H24O. The summed E-state index contributed by atoms with van der Waals surface area (Å²) in [6.45, 7) is 2.16. The fourth-order valence-electron chi connectivity index (χ4n) is 6.17. The zero-order chi connectivity index (χ0) is 25.2. The van der Waals surface area contributed by atoms with Crippen LogP contribution in [0.5, 0.6) is 0 Å². The minimum absolute atomic E-state index is 0.920. The molecule has 1 nitrogen and oxygen atoms in total. The molecule has 0 bridgehead atoms. The normalized spacial score (nSPS) is 11.8. The largest absolute Gasteiger partial charge is 0.456 e. The first-order valence-corrected chi connectivity index (χ1v) is 13.1. The van der Waals surface area contributed by atoms with Gasteiger partial charge < -0.3 is 4.42 Å². The molecule has 0 aliphatic carbocycles. The van der Waals surface area contributed by atoms with E-state index in [1.807, 2.05) is 0 Å². The molecule has 38 heavy (non-hydrogen) atoms. The maximum Gasteiger partial charge on any atom is 0.136 e. The van der Waals surface area contributed by atoms with Gasteiger partial charge in [0.25, 0.3) is 0 Å². The topological polar surface area (TPSA) is 13.1 Å². The molecule has 0 aliphatic heterocycles. The highest BCUT2D eigenvalue weighted by molar-refractivity contribution is 6.22. The van der Waals surface area contributed by atoms with Gasteiger partial charge in [0.2, 0.25) is 0 Å². The second-order valence-corrected chi connectivity index (χ2v) is 10.2. The third-order valence-electron chi connectivity index (χ3n) is 7.86. The predicted molar refractivity (Wildman–Crippen MR) is 162 cm³/mol. The van der Waals surface area contributed by atoms with Crippen molar-refractivity contribution in [1.82, 2.24) is 0 Å². The summed E-state index contributed by atoms with van der Waals surface area (Å²) in [4.78, 5) is 0. The molecule has 7 aromatic carbocycles. The third-order valence-corrected chi connectivity index (χ3v) is 7.86. The van der Waals surface area contributed by atoms with Crippen molar-refractivity contribution in [3.63, 3.8) is 0 Å². The average molecular weight is 485 g/mol. The van der Waals surface area contributed by atoms with Gasteiger partial charge in [-0.15, -0.1) is 0 Å². The molecule has 0 radical (unpaired) electrons. The molecule has 0 N–H and O–H groups in total. The van der Waals surface area contributed by atoms with Crippen molar-refractivity contribution in [3.8, 4) is 22.3 Å². The van der Waals surface area contributed by atoms with Crippen molar-refractivity contribution in [1.29, 1.82) is 0 Å². The zero-order valence-electron chi connectivity index (χ0n) is 21.0. The number of aryl methyl sites for hydroxylation is 1. The van der Waals surface area contributed by atoms with Gasteiger partial charge in [0.15, 0.2) is 0 Å². The van der Waals surface area contributed by atoms with E-state index in [2.05, 4.69) is 134 Å². The number of fused-ring (bicyclic) bond motifs is 6. The van der Waals surface area contributed by atoms with Crippen LogP contribution in [0, 0.1) is 6.92 Å². The van der Waals surface area contributed by atoms with Crippen LogP contribution in [0.25, 0.3) is 76.5 Å². The SMILES string of the molecule is Cc1cccc(-c2c3ccccc3c(-c3ccc4oc5cc6ccccc6cc5c4c3)c3ccccc23)c1. The number of furan rings is 1. The molecule has 1 heterocycles. The molecule has 0 aliphatic rings. The molecule has 0 spiro atoms. The Morgan fingerprint density at radius 3 is 1.58 bits per heavy atom. The highest BCUT2D eigenvalue weighted by Gasteiger charge is 2.18. The fraction of sp³-hybridized carbons (Fsp3) is 0.0270. The smallest absolute Gasteiger partial charge is 0.136 e. The lowest BCUT2D eigenvalue weighted by Gasteiger charge is -2.18. The van der Waals surface area contributed by atoms with Crippen LogP contribution in [0.4, 0.5) is 0 Å². The van der Waals surface area contributed by atoms with E-state index in [1.165, 1.54) is 60.1 Å². The number of hydrogen-bond acceptors (Lipinski definition) is 1. The molecule has 8 aromatic rings. The summed E-state index contributed by atoms with van der Waals surface area (Å²) in [7, 11) is 0. The van der Waals surface area contributed by atoms with Crippen LogP contribution in [-0.4, -0.2) is 0 Å². The Hall–Kier alpha value is -4.88. The molecule has 0 atom stereocenters. The van der Waals surface area contributed by atoms with Gasteiger partial charge in [0, 0.05) is 10.8 Å². The lowest BCUT2D eigenvalue weighted by atomic mass is 9.85. The summed E-state index contributed by atoms with van der Waals surface area (Å²) in [5.74, 6) is 0. The van der Waals surface area contributed by atoms with E-state index < -0.39 is 0 Å². The van der Waals surface area contributed by atoms with E-state index in [1.54, 1.807) is 0 Å². The zero-order valence-corrected chi connectivity index (χ0v) is 21.0. The van der Waals surface area contributed by atoms with Crippen LogP contribution < -0.4 is 0 Å². The quantitative estimate of drug-likeness (QED) is 0.222. The molecule has 178 valence electrons. The third kappa shape index (κ3) is 3.12. The molecule has 0 saturated carbocycles. The van der Waals surface area contributed by atoms with Gasteiger partial charge in [-0.3, -0.25) is 0 Å². The Morgan fingerprint density at radius 2 is 0.947 bits per heavy atom. The summed E-state index contributed by atoms with van der Waals surface area (Å²) >= 11 is 0. The molecule has 0 amide bonds. The Bertz CT molecular complexity index is 2140. The van der Waals surface area contributed by atoms with Crippen molar-refractivity contribution in [2.45, 2.75) is 6.92 Å². The Balaban J connectivity index is 1.47. The lowest BCUT2D eigenvalue weighted by molar-refractivity contribution is 0.669. The number of hydrogen-bond donors (Lipinski definition) is 0. The highest BCUT2D eigenvalue weighted by Crippen LogP contribution is 2.45. The minimum atomic E-state index is 0.920. The molecule has 1 heteroatoms. The average Bonchev–Trinajstić information content (AvgIpc) is 3.31. The molecule has 0 saturated heterocycles. The van der Waals surface area contributed by atoms with Crippen LogP contribution in [0.2, 0.25) is 0 Å². The Morgan fingerprint density at radius 1 is 0.395 bits per heavy atom. The monoisotopic (exact) mass is 484 g/mol. The van der Waals surface area contributed by atoms with Gasteiger partial charge in [-0.05, 0) is 85.8 Å². The van der Waals surface area contributed by atoms with Crippen molar-refractivity contribution in [3.05, 3.63) is 133 Å². The highest BCUT2D eigenvalue weighted by atomic mass is 16.3. The van der Waals surface area contributed by atoms with E-state index in [0.29, 0.717) is 0 Å². The van der Waals surface area contributed by atoms with E-state index in [9.17, 15) is 0 Å². The minimum Gasteiger partial charge on any atom is -0.456 e. The van der Waals surface area contributed by atoms with Crippen LogP contribution in [0.1, 0.15) is 5.56 Å². The van der Waals surface area contributed by atoms with E-state index >= 15 is 0 Å². The molecule has 0 unspecified atom stereocenters. The first kappa shape index (κ1) is 21.2. The van der Waals surface area contributed by atoms with Crippen LogP contribution in [0.3, 0.4) is 0 Å². The summed E-state index contributed by atoms with van der Waals surface area (Å²) in [5, 5.41) is 9.81. The Labute approximate surface area is 220 Å². The van der Waals surface area contributed by atoms with Crippen molar-refractivity contribution in [2.75, 3.05) is 0 Å². The lowest BCUT2D eigenvalue weighted by Crippen LogP contribution is -1.91. The first-order chi connectivity index (χ1) is 18.7. The maximum absolute atomic E-state index is 6.31. The second kappa shape index (κ2) is 8.06. The van der Waals surface area contributed by atoms with Gasteiger partial charge in [-0.2, -0.15) is 0 Å². The molecule has 1 aromatic heterocycles. The summed E-state index contributed by atoms with van der Waals surface area (Å²) in [5.41, 5.74) is 8.15. The van der Waals surface area contributed by atoms with Crippen LogP contribution in [-0.2, 0) is 0 Å². The van der Waals surface area contributed by atoms with Gasteiger partial charge >= 0.3 is 0 Å². The number of rotatable bonds is 2. The van der Waals surface area contributed by atoms with Crippen molar-refractivity contribution >= 4 is 54.3 Å². The van der Waals surface area contributed by atoms with E-state index in [4.69, 9.17) is 4.42 Å². The van der Waals surface area contributed by atoms with Crippen molar-refractivity contribution < 1.29 is 4.42 Å². The van der Waals surface area contributed by atoms with Crippen LogP contribution >= 0.6 is 0 Å². The van der Waals surface area contributed by atoms with Gasteiger partial charge in [-0.1, -0.05) is 109 Å². The fourth-order valence-corrected chi connectivity index (χ4v) is 6.17. The second-order valence-electron chi connectivity index (χ2n) is 10.2. The summed E-state index contributed by atoms with van der Waals surface area (Å²) in [6.07, 6.45) is 0. The molecular weight excluding hydrogens is 460 g/mol. The number of benzene rings is 7. The summed E-state index contributed by atoms with van der Waals surface area (Å²) in [6, 6.07) is 46.1. The van der Waals surface area contributed by atoms with Crippen LogP contribution in [0.15, 0.2) is 132 Å². The first-order valence-electron chi connectivity index (χ1n) is 13.1. The van der Waals surface area contributed by atoms with E-state index in [0.717, 1.165) is 21.9 Å². The van der Waals surface area contributed by atoms with E-state index in [-0.39, 0.29) is 0 Å². The maximum atomic E-state index is 6.31. The standard InChI is InChI=1S/C37H24O/c1-23-9-8-12-26(19-23)36-28-13-4-6-15-30(28)37(31-16-7-5-14-29(31)36)27-17-18-34-32(21-27)33-20-24-10-2-3-11-25(24)22-35(33)38-34/h2-22H,1H3. The van der Waals surface area contributed by atoms with Gasteiger partial charge in [0.05, 0.1) is 0 Å². The van der Waals surface area contributed by atoms with Gasteiger partial charge in [-0.25, -0.2) is 0 Å². The van der Waals surface area contributed by atoms with Crippen molar-refractivity contribution in [2.24, 2.45) is 0 Å².